The molecular formula is C18H12Cl4F3N3S. The standard InChI is InChI=1S/C18H12Cl4F3N3S/c19-10-3-1-9(2-4-10)7-26-8-14-16(18(23,24)25)28-17(29-14)27-15-12(21)5-11(20)6-13(15)22/h1-6,26H,7-8H2,(H,27,28). The van der Waals surface area contributed by atoms with Gasteiger partial charge < -0.3 is 10.6 Å². The van der Waals surface area contributed by atoms with Crippen molar-refractivity contribution in [2.75, 3.05) is 5.32 Å². The molecule has 0 aliphatic heterocycles. The summed E-state index contributed by atoms with van der Waals surface area (Å²) >= 11 is 24.7. The van der Waals surface area contributed by atoms with Crippen molar-refractivity contribution in [2.24, 2.45) is 0 Å². The van der Waals surface area contributed by atoms with Crippen molar-refractivity contribution < 1.29 is 13.2 Å². The van der Waals surface area contributed by atoms with Gasteiger partial charge in [0.2, 0.25) is 0 Å². The number of nitrogens with one attached hydrogen (secondary N) is 2. The van der Waals surface area contributed by atoms with Crippen LogP contribution in [-0.2, 0) is 19.3 Å². The van der Waals surface area contributed by atoms with E-state index in [0.29, 0.717) is 16.6 Å². The number of thiazole rings is 1. The van der Waals surface area contributed by atoms with Gasteiger partial charge in [-0.3, -0.25) is 0 Å². The van der Waals surface area contributed by atoms with Gasteiger partial charge in [0.15, 0.2) is 10.8 Å². The summed E-state index contributed by atoms with van der Waals surface area (Å²) in [7, 11) is 0. The molecule has 2 aromatic carbocycles. The first-order valence-corrected chi connectivity index (χ1v) is 10.4. The maximum absolute atomic E-state index is 13.4. The average molecular weight is 501 g/mol. The molecule has 0 unspecified atom stereocenters. The molecule has 0 saturated carbocycles. The molecule has 0 atom stereocenters. The molecule has 11 heteroatoms. The van der Waals surface area contributed by atoms with E-state index in [0.717, 1.165) is 16.9 Å². The molecule has 3 aromatic rings. The highest BCUT2D eigenvalue weighted by Crippen LogP contribution is 2.40. The summed E-state index contributed by atoms with van der Waals surface area (Å²) in [5.41, 5.74) is 0.168. The third kappa shape index (κ3) is 5.90. The van der Waals surface area contributed by atoms with Crippen LogP contribution in [-0.4, -0.2) is 4.98 Å². The van der Waals surface area contributed by atoms with Gasteiger partial charge in [-0.05, 0) is 29.8 Å². The molecular weight excluding hydrogens is 489 g/mol. The van der Waals surface area contributed by atoms with Crippen LogP contribution in [0, 0.1) is 0 Å². The van der Waals surface area contributed by atoms with Crippen LogP contribution in [0.5, 0.6) is 0 Å². The average Bonchev–Trinajstić information content (AvgIpc) is 3.03. The molecule has 0 radical (unpaired) electrons. The number of benzene rings is 2. The predicted octanol–water partition coefficient (Wildman–Crippen LogP) is 7.81. The SMILES string of the molecule is FC(F)(F)c1nc(Nc2c(Cl)cc(Cl)cc2Cl)sc1CNCc1ccc(Cl)cc1. The van der Waals surface area contributed by atoms with Gasteiger partial charge in [-0.15, -0.1) is 0 Å². The first-order chi connectivity index (χ1) is 13.6. The minimum atomic E-state index is -4.60. The van der Waals surface area contributed by atoms with Crippen molar-refractivity contribution >= 4 is 68.6 Å². The Morgan fingerprint density at radius 2 is 1.52 bits per heavy atom. The zero-order chi connectivity index (χ0) is 21.2. The molecule has 0 spiro atoms. The molecule has 3 rings (SSSR count). The topological polar surface area (TPSA) is 37.0 Å². The van der Waals surface area contributed by atoms with E-state index in [1.807, 2.05) is 0 Å². The molecule has 0 amide bonds. The second kappa shape index (κ2) is 9.29. The van der Waals surface area contributed by atoms with E-state index in [1.165, 1.54) is 12.1 Å². The Balaban J connectivity index is 1.78. The van der Waals surface area contributed by atoms with Crippen molar-refractivity contribution in [3.05, 3.63) is 72.6 Å². The van der Waals surface area contributed by atoms with Gasteiger partial charge in [0.05, 0.1) is 20.6 Å². The van der Waals surface area contributed by atoms with Crippen LogP contribution >= 0.6 is 57.7 Å². The van der Waals surface area contributed by atoms with E-state index in [2.05, 4.69) is 15.6 Å². The Morgan fingerprint density at radius 3 is 2.10 bits per heavy atom. The van der Waals surface area contributed by atoms with Gasteiger partial charge in [0.1, 0.15) is 0 Å². The van der Waals surface area contributed by atoms with Gasteiger partial charge >= 0.3 is 6.18 Å². The molecule has 0 fully saturated rings. The number of anilines is 2. The number of hydrogen-bond acceptors (Lipinski definition) is 4. The smallest absolute Gasteiger partial charge is 0.329 e. The van der Waals surface area contributed by atoms with E-state index in [1.54, 1.807) is 24.3 Å². The minimum absolute atomic E-state index is 0.0150. The highest BCUT2D eigenvalue weighted by atomic mass is 35.5. The summed E-state index contributed by atoms with van der Waals surface area (Å²) in [5, 5.41) is 7.02. The second-order valence-corrected chi connectivity index (χ2v) is 8.66. The number of aromatic nitrogens is 1. The summed E-state index contributed by atoms with van der Waals surface area (Å²) in [6.07, 6.45) is -4.60. The lowest BCUT2D eigenvalue weighted by Crippen LogP contribution is -2.16. The summed E-state index contributed by atoms with van der Waals surface area (Å²) in [6, 6.07) is 9.89. The number of halogens is 7. The monoisotopic (exact) mass is 499 g/mol. The molecule has 1 aromatic heterocycles. The maximum Gasteiger partial charge on any atom is 0.434 e. The van der Waals surface area contributed by atoms with Crippen molar-refractivity contribution in [3.8, 4) is 0 Å². The van der Waals surface area contributed by atoms with Crippen LogP contribution in [0.2, 0.25) is 20.1 Å². The molecule has 0 bridgehead atoms. The first-order valence-electron chi connectivity index (χ1n) is 8.07. The lowest BCUT2D eigenvalue weighted by molar-refractivity contribution is -0.141. The third-order valence-corrected chi connectivity index (χ3v) is 5.77. The predicted molar refractivity (Wildman–Crippen MR) is 114 cm³/mol. The Kier molecular flexibility index (Phi) is 7.19. The van der Waals surface area contributed by atoms with Gasteiger partial charge in [-0.2, -0.15) is 13.2 Å². The van der Waals surface area contributed by atoms with Crippen molar-refractivity contribution in [3.63, 3.8) is 0 Å². The molecule has 3 nitrogen and oxygen atoms in total. The number of nitrogens with zero attached hydrogens (tertiary/aromatic N) is 1. The Hall–Kier alpha value is -1.22. The van der Waals surface area contributed by atoms with Gasteiger partial charge in [0.25, 0.3) is 0 Å². The summed E-state index contributed by atoms with van der Waals surface area (Å²) in [5.74, 6) is 0. The number of hydrogen-bond donors (Lipinski definition) is 2. The lowest BCUT2D eigenvalue weighted by atomic mass is 10.2. The minimum Gasteiger partial charge on any atom is -0.329 e. The second-order valence-electron chi connectivity index (χ2n) is 5.89. The van der Waals surface area contributed by atoms with Crippen LogP contribution in [0.1, 0.15) is 16.1 Å². The highest BCUT2D eigenvalue weighted by Gasteiger charge is 2.37. The molecule has 0 saturated heterocycles. The van der Waals surface area contributed by atoms with Gasteiger partial charge in [0, 0.05) is 23.1 Å². The largest absolute Gasteiger partial charge is 0.434 e. The van der Waals surface area contributed by atoms with E-state index < -0.39 is 11.9 Å². The van der Waals surface area contributed by atoms with Crippen LogP contribution in [0.3, 0.4) is 0 Å². The van der Waals surface area contributed by atoms with E-state index in [9.17, 15) is 13.2 Å². The Labute approximate surface area is 188 Å². The number of rotatable bonds is 6. The fourth-order valence-corrected chi connectivity index (χ4v) is 4.43. The van der Waals surface area contributed by atoms with Crippen LogP contribution in [0.25, 0.3) is 0 Å². The molecule has 29 heavy (non-hydrogen) atoms. The summed E-state index contributed by atoms with van der Waals surface area (Å²) in [4.78, 5) is 3.73. The number of alkyl halides is 3. The van der Waals surface area contributed by atoms with Gasteiger partial charge in [-0.25, -0.2) is 4.98 Å². The first kappa shape index (κ1) is 22.5. The zero-order valence-corrected chi connectivity index (χ0v) is 18.2. The molecule has 0 aliphatic rings. The van der Waals surface area contributed by atoms with Crippen LogP contribution in [0.4, 0.5) is 24.0 Å². The van der Waals surface area contributed by atoms with Crippen LogP contribution < -0.4 is 10.6 Å². The summed E-state index contributed by atoms with van der Waals surface area (Å²) in [6.45, 7) is 0.364. The van der Waals surface area contributed by atoms with Crippen molar-refractivity contribution in [1.82, 2.24) is 10.3 Å². The molecule has 1 heterocycles. The van der Waals surface area contributed by atoms with E-state index >= 15 is 0 Å². The molecule has 2 N–H and O–H groups in total. The molecule has 154 valence electrons. The van der Waals surface area contributed by atoms with Crippen LogP contribution in [0.15, 0.2) is 36.4 Å². The normalized spacial score (nSPS) is 11.7. The van der Waals surface area contributed by atoms with Crippen molar-refractivity contribution in [1.29, 1.82) is 0 Å². The Morgan fingerprint density at radius 1 is 0.897 bits per heavy atom. The summed E-state index contributed by atoms with van der Waals surface area (Å²) < 4.78 is 40.2. The van der Waals surface area contributed by atoms with E-state index in [4.69, 9.17) is 46.4 Å². The highest BCUT2D eigenvalue weighted by molar-refractivity contribution is 7.15. The van der Waals surface area contributed by atoms with E-state index in [-0.39, 0.29) is 32.3 Å². The quantitative estimate of drug-likeness (QED) is 0.362. The fourth-order valence-electron chi connectivity index (χ4n) is 2.44. The third-order valence-electron chi connectivity index (χ3n) is 3.73. The lowest BCUT2D eigenvalue weighted by Gasteiger charge is -2.08. The van der Waals surface area contributed by atoms with Gasteiger partial charge in [-0.1, -0.05) is 69.9 Å². The maximum atomic E-state index is 13.4. The molecule has 0 aliphatic carbocycles. The Bertz CT molecular complexity index is 984. The fraction of sp³-hybridized carbons (Fsp3) is 0.167. The van der Waals surface area contributed by atoms with Crippen molar-refractivity contribution in [2.45, 2.75) is 19.3 Å². The zero-order valence-electron chi connectivity index (χ0n) is 14.4.